The summed E-state index contributed by atoms with van der Waals surface area (Å²) in [6.45, 7) is -0.114. The van der Waals surface area contributed by atoms with Gasteiger partial charge < -0.3 is 19.8 Å². The molecule has 0 bridgehead atoms. The van der Waals surface area contributed by atoms with E-state index in [4.69, 9.17) is 9.84 Å². The number of hydrogen-bond acceptors (Lipinski definition) is 5. The van der Waals surface area contributed by atoms with Gasteiger partial charge in [-0.2, -0.15) is 0 Å². The molecule has 0 spiro atoms. The van der Waals surface area contributed by atoms with Crippen molar-refractivity contribution in [2.45, 2.75) is 24.5 Å². The van der Waals surface area contributed by atoms with Gasteiger partial charge in [0.05, 0.1) is 6.10 Å². The number of rotatable bonds is 3. The van der Waals surface area contributed by atoms with Crippen molar-refractivity contribution in [3.05, 3.63) is 59.7 Å². The molecule has 0 aromatic heterocycles. The summed E-state index contributed by atoms with van der Waals surface area (Å²) in [5.74, 6) is -1.38. The van der Waals surface area contributed by atoms with Crippen LogP contribution in [0.3, 0.4) is 0 Å². The average molecular weight is 396 g/mol. The Bertz CT molecular complexity index is 930. The number of carboxylic acid groups (broad SMARTS) is 1. The van der Waals surface area contributed by atoms with Crippen LogP contribution in [-0.2, 0) is 9.53 Å². The van der Waals surface area contributed by atoms with E-state index in [1.165, 1.54) is 0 Å². The molecule has 1 fully saturated rings. The van der Waals surface area contributed by atoms with Crippen LogP contribution in [0.15, 0.2) is 48.5 Å². The number of aliphatic carboxylic acids is 1. The molecular weight excluding hydrogens is 376 g/mol. The number of fused-ring (bicyclic) bond motifs is 3. The standard InChI is InChI=1S/C21H20N2O6/c24-12-9-18(19(25)26)23(10-12)20(27)22-21(28)29-11-17-15-7-3-1-5-13(15)14-6-2-4-8-16(14)17/h1-8,12,17-18,24H,9-11H2,(H,25,26)(H,22,27,28)/t12-,18+/m1/s1. The number of nitrogens with zero attached hydrogens (tertiary/aromatic N) is 1. The van der Waals surface area contributed by atoms with E-state index in [1.54, 1.807) is 0 Å². The van der Waals surface area contributed by atoms with Crippen LogP contribution < -0.4 is 5.32 Å². The van der Waals surface area contributed by atoms with Crippen LogP contribution in [0, 0.1) is 0 Å². The third kappa shape index (κ3) is 3.54. The molecule has 1 aliphatic carbocycles. The predicted octanol–water partition coefficient (Wildman–Crippen LogP) is 2.16. The van der Waals surface area contributed by atoms with Crippen molar-refractivity contribution in [3.8, 4) is 11.1 Å². The number of imide groups is 1. The van der Waals surface area contributed by atoms with Gasteiger partial charge in [-0.05, 0) is 22.3 Å². The number of carbonyl (C=O) groups excluding carboxylic acids is 2. The zero-order chi connectivity index (χ0) is 20.5. The number of ether oxygens (including phenoxy) is 1. The van der Waals surface area contributed by atoms with Gasteiger partial charge >= 0.3 is 18.1 Å². The van der Waals surface area contributed by atoms with Gasteiger partial charge in [0, 0.05) is 18.9 Å². The summed E-state index contributed by atoms with van der Waals surface area (Å²) in [5, 5.41) is 20.9. The normalized spacial score (nSPS) is 20.1. The second kappa shape index (κ2) is 7.56. The zero-order valence-electron chi connectivity index (χ0n) is 15.4. The zero-order valence-corrected chi connectivity index (χ0v) is 15.4. The van der Waals surface area contributed by atoms with Crippen molar-refractivity contribution in [1.29, 1.82) is 0 Å². The maximum absolute atomic E-state index is 12.2. The topological polar surface area (TPSA) is 116 Å². The number of amides is 3. The van der Waals surface area contributed by atoms with Gasteiger partial charge in [0.25, 0.3) is 0 Å². The molecule has 1 aliphatic heterocycles. The molecule has 29 heavy (non-hydrogen) atoms. The van der Waals surface area contributed by atoms with Gasteiger partial charge in [-0.15, -0.1) is 0 Å². The van der Waals surface area contributed by atoms with E-state index in [1.807, 2.05) is 48.5 Å². The number of β-amino-alcohol motifs (C(OH)–C–C–N with tert-alkyl or cyclic N) is 1. The van der Waals surface area contributed by atoms with Crippen LogP contribution >= 0.6 is 0 Å². The molecule has 1 saturated heterocycles. The summed E-state index contributed by atoms with van der Waals surface area (Å²) in [6, 6.07) is 13.7. The molecule has 2 aliphatic rings. The summed E-state index contributed by atoms with van der Waals surface area (Å²) in [4.78, 5) is 36.6. The summed E-state index contributed by atoms with van der Waals surface area (Å²) in [6.07, 6.45) is -1.97. The van der Waals surface area contributed by atoms with Gasteiger partial charge in [-0.25, -0.2) is 19.7 Å². The van der Waals surface area contributed by atoms with E-state index >= 15 is 0 Å². The van der Waals surface area contributed by atoms with Crippen molar-refractivity contribution in [2.75, 3.05) is 13.2 Å². The first-order chi connectivity index (χ1) is 14.0. The lowest BCUT2D eigenvalue weighted by molar-refractivity contribution is -0.141. The number of urea groups is 1. The molecule has 4 rings (SSSR count). The molecular formula is C21H20N2O6. The highest BCUT2D eigenvalue weighted by Crippen LogP contribution is 2.44. The summed E-state index contributed by atoms with van der Waals surface area (Å²) in [5.41, 5.74) is 4.26. The Morgan fingerprint density at radius 3 is 2.21 bits per heavy atom. The molecule has 2 aromatic rings. The van der Waals surface area contributed by atoms with Gasteiger partial charge in [0.15, 0.2) is 0 Å². The van der Waals surface area contributed by atoms with Crippen LogP contribution in [0.1, 0.15) is 23.5 Å². The maximum atomic E-state index is 12.2. The molecule has 8 nitrogen and oxygen atoms in total. The molecule has 150 valence electrons. The first kappa shape index (κ1) is 18.9. The van der Waals surface area contributed by atoms with E-state index < -0.39 is 30.2 Å². The number of aliphatic hydroxyl groups is 1. The van der Waals surface area contributed by atoms with Crippen LogP contribution in [-0.4, -0.2) is 58.5 Å². The lowest BCUT2D eigenvalue weighted by Gasteiger charge is -2.21. The number of carbonyl (C=O) groups is 3. The average Bonchev–Trinajstić information content (AvgIpc) is 3.25. The Morgan fingerprint density at radius 2 is 1.62 bits per heavy atom. The lowest BCUT2D eigenvalue weighted by Crippen LogP contribution is -2.48. The van der Waals surface area contributed by atoms with E-state index in [2.05, 4.69) is 5.32 Å². The molecule has 3 N–H and O–H groups in total. The Labute approximate surface area is 166 Å². The largest absolute Gasteiger partial charge is 0.480 e. The minimum atomic E-state index is -1.23. The fraction of sp³-hybridized carbons (Fsp3) is 0.286. The van der Waals surface area contributed by atoms with Gasteiger partial charge in [-0.3, -0.25) is 0 Å². The van der Waals surface area contributed by atoms with E-state index in [9.17, 15) is 19.5 Å². The number of benzene rings is 2. The second-order valence-electron chi connectivity index (χ2n) is 7.15. The van der Waals surface area contributed by atoms with Gasteiger partial charge in [-0.1, -0.05) is 48.5 Å². The van der Waals surface area contributed by atoms with Crippen molar-refractivity contribution >= 4 is 18.1 Å². The molecule has 0 radical (unpaired) electrons. The number of alkyl carbamates (subject to hydrolysis) is 1. The summed E-state index contributed by atoms with van der Waals surface area (Å²) in [7, 11) is 0. The van der Waals surface area contributed by atoms with Crippen molar-refractivity contribution in [3.63, 3.8) is 0 Å². The predicted molar refractivity (Wildman–Crippen MR) is 102 cm³/mol. The number of likely N-dealkylation sites (tertiary alicyclic amines) is 1. The van der Waals surface area contributed by atoms with Crippen molar-refractivity contribution in [2.24, 2.45) is 0 Å². The second-order valence-corrected chi connectivity index (χ2v) is 7.15. The Balaban J connectivity index is 1.41. The smallest absolute Gasteiger partial charge is 0.415 e. The number of aliphatic hydroxyl groups excluding tert-OH is 1. The number of nitrogens with one attached hydrogen (secondary N) is 1. The van der Waals surface area contributed by atoms with Crippen LogP contribution in [0.25, 0.3) is 11.1 Å². The van der Waals surface area contributed by atoms with E-state index in [-0.39, 0.29) is 25.5 Å². The van der Waals surface area contributed by atoms with E-state index in [0.717, 1.165) is 27.2 Å². The number of hydrogen-bond donors (Lipinski definition) is 3. The maximum Gasteiger partial charge on any atom is 0.415 e. The fourth-order valence-electron chi connectivity index (χ4n) is 4.07. The Morgan fingerprint density at radius 1 is 1.03 bits per heavy atom. The van der Waals surface area contributed by atoms with Crippen LogP contribution in [0.5, 0.6) is 0 Å². The first-order valence-electron chi connectivity index (χ1n) is 9.29. The fourth-order valence-corrected chi connectivity index (χ4v) is 4.07. The molecule has 2 atom stereocenters. The Kier molecular flexibility index (Phi) is 4.94. The molecule has 8 heteroatoms. The Hall–Kier alpha value is -3.39. The quantitative estimate of drug-likeness (QED) is 0.732. The third-order valence-corrected chi connectivity index (χ3v) is 5.38. The first-order valence-corrected chi connectivity index (χ1v) is 9.29. The SMILES string of the molecule is O=C(NC(=O)N1C[C@H](O)C[C@H]1C(=O)O)OCC1c2ccccc2-c2ccccc21. The van der Waals surface area contributed by atoms with E-state index in [0.29, 0.717) is 0 Å². The highest BCUT2D eigenvalue weighted by molar-refractivity contribution is 5.93. The summed E-state index contributed by atoms with van der Waals surface area (Å²) >= 11 is 0. The monoisotopic (exact) mass is 396 g/mol. The molecule has 0 unspecified atom stereocenters. The number of carboxylic acids is 1. The van der Waals surface area contributed by atoms with Gasteiger partial charge in [0.1, 0.15) is 12.6 Å². The molecule has 0 saturated carbocycles. The van der Waals surface area contributed by atoms with Gasteiger partial charge in [0.2, 0.25) is 0 Å². The molecule has 1 heterocycles. The summed E-state index contributed by atoms with van der Waals surface area (Å²) < 4.78 is 5.28. The van der Waals surface area contributed by atoms with Crippen molar-refractivity contribution in [1.82, 2.24) is 10.2 Å². The lowest BCUT2D eigenvalue weighted by atomic mass is 9.98. The van der Waals surface area contributed by atoms with Crippen molar-refractivity contribution < 1.29 is 29.3 Å². The highest BCUT2D eigenvalue weighted by Gasteiger charge is 2.39. The minimum absolute atomic E-state index is 0.0398. The molecule has 2 aromatic carbocycles. The highest BCUT2D eigenvalue weighted by atomic mass is 16.5. The van der Waals surface area contributed by atoms with Crippen LogP contribution in [0.4, 0.5) is 9.59 Å². The van der Waals surface area contributed by atoms with Crippen LogP contribution in [0.2, 0.25) is 0 Å². The minimum Gasteiger partial charge on any atom is -0.480 e. The molecule has 3 amide bonds. The third-order valence-electron chi connectivity index (χ3n) is 5.38.